The van der Waals surface area contributed by atoms with Crippen LogP contribution in [0, 0.1) is 0 Å². The van der Waals surface area contributed by atoms with Crippen molar-refractivity contribution in [2.45, 2.75) is 33.1 Å². The van der Waals surface area contributed by atoms with Gasteiger partial charge in [0.1, 0.15) is 22.9 Å². The maximum atomic E-state index is 10.4. The zero-order valence-corrected chi connectivity index (χ0v) is 15.3. The zero-order valence-electron chi connectivity index (χ0n) is 15.3. The Morgan fingerprint density at radius 2 is 1.92 bits per heavy atom. The predicted molar refractivity (Wildman–Crippen MR) is 102 cm³/mol. The van der Waals surface area contributed by atoms with E-state index in [1.807, 2.05) is 31.2 Å². The highest BCUT2D eigenvalue weighted by Gasteiger charge is 2.16. The molecular weight excluding hydrogens is 328 g/mol. The van der Waals surface area contributed by atoms with Gasteiger partial charge < -0.3 is 14.6 Å². The van der Waals surface area contributed by atoms with Crippen LogP contribution in [0.2, 0.25) is 0 Å². The number of para-hydroxylation sites is 1. The van der Waals surface area contributed by atoms with E-state index < -0.39 is 0 Å². The summed E-state index contributed by atoms with van der Waals surface area (Å²) in [6, 6.07) is 13.2. The fraction of sp³-hybridized carbons (Fsp3) is 0.286. The topological polar surface area (TPSA) is 67.4 Å². The minimum absolute atomic E-state index is 0.116. The number of phenolic OH excluding ortho intramolecular Hbond substituents is 1. The molecule has 0 bridgehead atoms. The lowest BCUT2D eigenvalue weighted by Gasteiger charge is -2.14. The molecule has 0 spiro atoms. The zero-order chi connectivity index (χ0) is 18.5. The van der Waals surface area contributed by atoms with Crippen molar-refractivity contribution in [2.24, 2.45) is 0 Å². The van der Waals surface area contributed by atoms with Gasteiger partial charge in [-0.05, 0) is 36.1 Å². The first-order chi connectivity index (χ1) is 12.6. The van der Waals surface area contributed by atoms with Gasteiger partial charge in [0, 0.05) is 11.6 Å². The highest BCUT2D eigenvalue weighted by atomic mass is 16.5. The average Bonchev–Trinajstić information content (AvgIpc) is 3.08. The number of hydrogen-bond donors (Lipinski definition) is 2. The van der Waals surface area contributed by atoms with Crippen molar-refractivity contribution in [2.75, 3.05) is 6.61 Å². The van der Waals surface area contributed by atoms with Crippen LogP contribution in [0.15, 0.2) is 48.7 Å². The number of rotatable bonds is 7. The minimum Gasteiger partial charge on any atom is -0.507 e. The molecule has 2 N–H and O–H groups in total. The van der Waals surface area contributed by atoms with Crippen LogP contribution in [-0.2, 0) is 0 Å². The van der Waals surface area contributed by atoms with Crippen LogP contribution in [0.25, 0.3) is 11.3 Å². The third-order valence-electron chi connectivity index (χ3n) is 4.08. The summed E-state index contributed by atoms with van der Waals surface area (Å²) in [5, 5.41) is 17.4. The van der Waals surface area contributed by atoms with Gasteiger partial charge in [0.25, 0.3) is 0 Å². The molecule has 0 saturated heterocycles. The summed E-state index contributed by atoms with van der Waals surface area (Å²) in [7, 11) is 0. The fourth-order valence-electron chi connectivity index (χ4n) is 2.75. The number of aromatic nitrogens is 2. The first-order valence-corrected chi connectivity index (χ1v) is 8.86. The lowest BCUT2D eigenvalue weighted by Crippen LogP contribution is -1.95. The summed E-state index contributed by atoms with van der Waals surface area (Å²) in [5.41, 5.74) is 2.36. The largest absolute Gasteiger partial charge is 0.507 e. The molecule has 0 aliphatic heterocycles. The Balaban J connectivity index is 1.90. The van der Waals surface area contributed by atoms with Gasteiger partial charge in [-0.25, -0.2) is 0 Å². The van der Waals surface area contributed by atoms with Gasteiger partial charge in [-0.15, -0.1) is 0 Å². The van der Waals surface area contributed by atoms with Gasteiger partial charge >= 0.3 is 0 Å². The highest BCUT2D eigenvalue weighted by molar-refractivity contribution is 5.73. The van der Waals surface area contributed by atoms with E-state index in [1.54, 1.807) is 18.3 Å². The Kier molecular flexibility index (Phi) is 5.46. The van der Waals surface area contributed by atoms with Crippen LogP contribution in [0.5, 0.6) is 23.0 Å². The summed E-state index contributed by atoms with van der Waals surface area (Å²) in [6.45, 7) is 6.90. The Hall–Kier alpha value is -2.95. The number of benzene rings is 2. The van der Waals surface area contributed by atoms with Gasteiger partial charge in [-0.2, -0.15) is 5.10 Å². The molecule has 0 aliphatic carbocycles. The third kappa shape index (κ3) is 3.82. The predicted octanol–water partition coefficient (Wildman–Crippen LogP) is 5.49. The lowest BCUT2D eigenvalue weighted by molar-refractivity contribution is 0.315. The molecule has 5 heteroatoms. The van der Waals surface area contributed by atoms with Crippen LogP contribution in [-0.4, -0.2) is 21.9 Å². The van der Waals surface area contributed by atoms with E-state index in [0.29, 0.717) is 35.3 Å². The van der Waals surface area contributed by atoms with E-state index in [4.69, 9.17) is 9.47 Å². The van der Waals surface area contributed by atoms with Gasteiger partial charge in [-0.1, -0.05) is 39.0 Å². The molecule has 0 atom stereocenters. The van der Waals surface area contributed by atoms with Gasteiger partial charge in [0.2, 0.25) is 0 Å². The number of nitrogens with one attached hydrogen (secondary N) is 1. The van der Waals surface area contributed by atoms with Crippen LogP contribution in [0.3, 0.4) is 0 Å². The quantitative estimate of drug-likeness (QED) is 0.590. The molecule has 0 aliphatic rings. The Labute approximate surface area is 153 Å². The van der Waals surface area contributed by atoms with Crippen molar-refractivity contribution in [3.63, 3.8) is 0 Å². The van der Waals surface area contributed by atoms with Crippen LogP contribution in [0.1, 0.15) is 38.7 Å². The molecule has 0 unspecified atom stereocenters. The van der Waals surface area contributed by atoms with E-state index in [0.717, 1.165) is 17.7 Å². The molecule has 26 heavy (non-hydrogen) atoms. The van der Waals surface area contributed by atoms with Gasteiger partial charge in [0.15, 0.2) is 5.75 Å². The molecule has 0 fully saturated rings. The molecular formula is C21H24N2O3. The lowest BCUT2D eigenvalue weighted by atomic mass is 10.0. The van der Waals surface area contributed by atoms with E-state index in [9.17, 15) is 5.11 Å². The monoisotopic (exact) mass is 352 g/mol. The summed E-state index contributed by atoms with van der Waals surface area (Å²) in [4.78, 5) is 0. The normalized spacial score (nSPS) is 10.9. The minimum atomic E-state index is 0.116. The molecule has 2 aromatic carbocycles. The van der Waals surface area contributed by atoms with Crippen molar-refractivity contribution in [3.05, 3.63) is 54.2 Å². The first-order valence-electron chi connectivity index (χ1n) is 8.86. The number of aromatic amines is 1. The first kappa shape index (κ1) is 17.9. The second-order valence-corrected chi connectivity index (χ2v) is 6.43. The fourth-order valence-corrected chi connectivity index (χ4v) is 2.75. The Morgan fingerprint density at radius 3 is 2.65 bits per heavy atom. The van der Waals surface area contributed by atoms with Crippen molar-refractivity contribution in [1.82, 2.24) is 10.2 Å². The number of nitrogens with zero attached hydrogens (tertiary/aromatic N) is 1. The third-order valence-corrected chi connectivity index (χ3v) is 4.08. The van der Waals surface area contributed by atoms with E-state index in [1.165, 1.54) is 0 Å². The van der Waals surface area contributed by atoms with Crippen molar-refractivity contribution < 1.29 is 14.6 Å². The number of aromatic hydroxyl groups is 1. The van der Waals surface area contributed by atoms with Crippen LogP contribution < -0.4 is 9.47 Å². The summed E-state index contributed by atoms with van der Waals surface area (Å²) >= 11 is 0. The standard InChI is InChI=1S/C21H24N2O3/c1-4-11-25-15-9-10-17(18(24)12-15)21-20(13-22-23-21)26-19-8-6-5-7-16(19)14(2)3/h5-10,12-14,24H,4,11H2,1-3H3,(H,22,23). The molecule has 0 saturated carbocycles. The molecule has 136 valence electrons. The maximum absolute atomic E-state index is 10.4. The molecule has 5 nitrogen and oxygen atoms in total. The maximum Gasteiger partial charge on any atom is 0.173 e. The average molecular weight is 352 g/mol. The number of H-pyrrole nitrogens is 1. The summed E-state index contributed by atoms with van der Waals surface area (Å²) in [5.74, 6) is 2.44. The second-order valence-electron chi connectivity index (χ2n) is 6.43. The van der Waals surface area contributed by atoms with Crippen molar-refractivity contribution >= 4 is 0 Å². The highest BCUT2D eigenvalue weighted by Crippen LogP contribution is 2.39. The molecule has 0 amide bonds. The molecule has 3 rings (SSSR count). The molecule has 1 aromatic heterocycles. The van der Waals surface area contributed by atoms with E-state index >= 15 is 0 Å². The number of hydrogen-bond acceptors (Lipinski definition) is 4. The second kappa shape index (κ2) is 7.95. The number of phenols is 1. The number of ether oxygens (including phenoxy) is 2. The summed E-state index contributed by atoms with van der Waals surface area (Å²) < 4.78 is 11.7. The van der Waals surface area contributed by atoms with Crippen molar-refractivity contribution in [1.29, 1.82) is 0 Å². The summed E-state index contributed by atoms with van der Waals surface area (Å²) in [6.07, 6.45) is 2.53. The molecule has 3 aromatic rings. The van der Waals surface area contributed by atoms with Crippen LogP contribution in [0.4, 0.5) is 0 Å². The van der Waals surface area contributed by atoms with Gasteiger partial charge in [0.05, 0.1) is 12.8 Å². The van der Waals surface area contributed by atoms with E-state index in [2.05, 4.69) is 30.1 Å². The van der Waals surface area contributed by atoms with Gasteiger partial charge in [-0.3, -0.25) is 5.10 Å². The molecule has 0 radical (unpaired) electrons. The van der Waals surface area contributed by atoms with Crippen molar-refractivity contribution in [3.8, 4) is 34.3 Å². The van der Waals surface area contributed by atoms with Crippen LogP contribution >= 0.6 is 0 Å². The smallest absolute Gasteiger partial charge is 0.173 e. The Morgan fingerprint density at radius 1 is 1.12 bits per heavy atom. The SMILES string of the molecule is CCCOc1ccc(-c2[nH]ncc2Oc2ccccc2C(C)C)c(O)c1. The molecule has 1 heterocycles. The van der Waals surface area contributed by atoms with E-state index in [-0.39, 0.29) is 5.75 Å². The Bertz CT molecular complexity index is 871.